The molecular weight excluding hydrogens is 310 g/mol. The van der Waals surface area contributed by atoms with Gasteiger partial charge in [-0.2, -0.15) is 0 Å². The zero-order chi connectivity index (χ0) is 13.1. The lowest BCUT2D eigenvalue weighted by Gasteiger charge is -2.41. The van der Waals surface area contributed by atoms with Crippen LogP contribution in [0, 0.1) is 0 Å². The van der Waals surface area contributed by atoms with Crippen molar-refractivity contribution in [1.29, 1.82) is 0 Å². The fourth-order valence-corrected chi connectivity index (χ4v) is 4.10. The summed E-state index contributed by atoms with van der Waals surface area (Å²) in [5, 5.41) is 5.67. The summed E-state index contributed by atoms with van der Waals surface area (Å²) in [6.45, 7) is 3.48. The van der Waals surface area contributed by atoms with E-state index >= 15 is 0 Å². The van der Waals surface area contributed by atoms with Crippen LogP contribution in [-0.4, -0.2) is 62.7 Å². The van der Waals surface area contributed by atoms with Gasteiger partial charge in [0, 0.05) is 46.4 Å². The highest BCUT2D eigenvalue weighted by molar-refractivity contribution is 9.10. The quantitative estimate of drug-likeness (QED) is 0.908. The molecular formula is C13H22BrN3S. The predicted octanol–water partition coefficient (Wildman–Crippen LogP) is 1.89. The number of likely N-dealkylation sites (N-methyl/N-ethyl adjacent to an activating group) is 3. The molecule has 0 aliphatic carbocycles. The van der Waals surface area contributed by atoms with Crippen molar-refractivity contribution >= 4 is 27.3 Å². The Morgan fingerprint density at radius 3 is 2.89 bits per heavy atom. The second-order valence-corrected chi connectivity index (χ2v) is 7.05. The Kier molecular flexibility index (Phi) is 5.21. The standard InChI is InChI=1S/C13H22BrN3S/c1-15-12(7-11-6-10(14)9-18-11)13-8-16(2)4-5-17(13)3/h6,9,12-13,15H,4-5,7-8H2,1-3H3. The highest BCUT2D eigenvalue weighted by Crippen LogP contribution is 2.23. The van der Waals surface area contributed by atoms with Gasteiger partial charge in [0.1, 0.15) is 0 Å². The molecule has 2 heterocycles. The van der Waals surface area contributed by atoms with Crippen LogP contribution in [0.2, 0.25) is 0 Å². The van der Waals surface area contributed by atoms with E-state index in [1.165, 1.54) is 15.9 Å². The summed E-state index contributed by atoms with van der Waals surface area (Å²) in [5.41, 5.74) is 0. The molecule has 1 aromatic rings. The highest BCUT2D eigenvalue weighted by Gasteiger charge is 2.29. The van der Waals surface area contributed by atoms with E-state index in [9.17, 15) is 0 Å². The van der Waals surface area contributed by atoms with Crippen LogP contribution in [0.5, 0.6) is 0 Å². The second-order valence-electron chi connectivity index (χ2n) is 5.14. The molecule has 5 heteroatoms. The minimum atomic E-state index is 0.517. The molecule has 1 fully saturated rings. The Balaban J connectivity index is 2.02. The van der Waals surface area contributed by atoms with Crippen LogP contribution in [0.4, 0.5) is 0 Å². The van der Waals surface area contributed by atoms with E-state index in [1.807, 2.05) is 11.3 Å². The molecule has 1 N–H and O–H groups in total. The topological polar surface area (TPSA) is 18.5 Å². The Hall–Kier alpha value is 0.0600. The van der Waals surface area contributed by atoms with Crippen LogP contribution in [0.25, 0.3) is 0 Å². The largest absolute Gasteiger partial charge is 0.315 e. The number of rotatable bonds is 4. The summed E-state index contributed by atoms with van der Waals surface area (Å²) < 4.78 is 1.20. The summed E-state index contributed by atoms with van der Waals surface area (Å²) in [7, 11) is 6.54. The molecule has 1 aromatic heterocycles. The van der Waals surface area contributed by atoms with E-state index in [0.717, 1.165) is 19.5 Å². The van der Waals surface area contributed by atoms with Gasteiger partial charge in [-0.05, 0) is 49.6 Å². The van der Waals surface area contributed by atoms with Crippen LogP contribution in [-0.2, 0) is 6.42 Å². The van der Waals surface area contributed by atoms with Gasteiger partial charge < -0.3 is 10.2 Å². The second kappa shape index (κ2) is 6.48. The number of hydrogen-bond donors (Lipinski definition) is 1. The fraction of sp³-hybridized carbons (Fsp3) is 0.692. The van der Waals surface area contributed by atoms with E-state index in [2.05, 4.69) is 63.6 Å². The van der Waals surface area contributed by atoms with Gasteiger partial charge in [0.2, 0.25) is 0 Å². The van der Waals surface area contributed by atoms with Gasteiger partial charge in [0.05, 0.1) is 0 Å². The van der Waals surface area contributed by atoms with E-state index in [0.29, 0.717) is 12.1 Å². The van der Waals surface area contributed by atoms with E-state index in [4.69, 9.17) is 0 Å². The summed E-state index contributed by atoms with van der Waals surface area (Å²) in [6.07, 6.45) is 1.11. The van der Waals surface area contributed by atoms with Gasteiger partial charge in [-0.25, -0.2) is 0 Å². The molecule has 3 nitrogen and oxygen atoms in total. The van der Waals surface area contributed by atoms with Crippen molar-refractivity contribution < 1.29 is 0 Å². The Morgan fingerprint density at radius 1 is 1.50 bits per heavy atom. The first-order valence-electron chi connectivity index (χ1n) is 6.39. The minimum Gasteiger partial charge on any atom is -0.315 e. The summed E-state index contributed by atoms with van der Waals surface area (Å²) in [6, 6.07) is 3.35. The van der Waals surface area contributed by atoms with Crippen LogP contribution in [0.15, 0.2) is 15.9 Å². The zero-order valence-electron chi connectivity index (χ0n) is 11.3. The third-order valence-corrected chi connectivity index (χ3v) is 5.50. The maximum Gasteiger partial charge on any atom is 0.0377 e. The van der Waals surface area contributed by atoms with E-state index in [1.54, 1.807) is 0 Å². The van der Waals surface area contributed by atoms with Gasteiger partial charge in [0.15, 0.2) is 0 Å². The van der Waals surface area contributed by atoms with Crippen molar-refractivity contribution in [3.63, 3.8) is 0 Å². The molecule has 0 bridgehead atoms. The summed E-state index contributed by atoms with van der Waals surface area (Å²) in [5.74, 6) is 0. The molecule has 2 unspecified atom stereocenters. The Bertz CT molecular complexity index is 382. The lowest BCUT2D eigenvalue weighted by atomic mass is 10.0. The number of thiophene rings is 1. The molecule has 0 spiro atoms. The number of halogens is 1. The minimum absolute atomic E-state index is 0.517. The van der Waals surface area contributed by atoms with Crippen LogP contribution in [0.3, 0.4) is 0 Å². The lowest BCUT2D eigenvalue weighted by molar-refractivity contribution is 0.0899. The molecule has 0 amide bonds. The first-order chi connectivity index (χ1) is 8.60. The average molecular weight is 332 g/mol. The maximum atomic E-state index is 3.53. The maximum absolute atomic E-state index is 3.53. The third kappa shape index (κ3) is 3.54. The molecule has 1 aliphatic heterocycles. The SMILES string of the molecule is CNC(Cc1cc(Br)cs1)C1CN(C)CCN1C. The predicted molar refractivity (Wildman–Crippen MR) is 82.5 cm³/mol. The molecule has 0 radical (unpaired) electrons. The zero-order valence-corrected chi connectivity index (χ0v) is 13.7. The van der Waals surface area contributed by atoms with E-state index < -0.39 is 0 Å². The number of piperazine rings is 1. The molecule has 1 aliphatic rings. The van der Waals surface area contributed by atoms with Crippen molar-refractivity contribution in [3.05, 3.63) is 20.8 Å². The third-order valence-electron chi connectivity index (χ3n) is 3.78. The Labute approximate surface area is 122 Å². The van der Waals surface area contributed by atoms with Gasteiger partial charge in [0.25, 0.3) is 0 Å². The molecule has 18 heavy (non-hydrogen) atoms. The normalized spacial score (nSPS) is 24.3. The van der Waals surface area contributed by atoms with E-state index in [-0.39, 0.29) is 0 Å². The van der Waals surface area contributed by atoms with Crippen LogP contribution in [0.1, 0.15) is 4.88 Å². The van der Waals surface area contributed by atoms with Crippen molar-refractivity contribution in [2.45, 2.75) is 18.5 Å². The smallest absolute Gasteiger partial charge is 0.0377 e. The lowest BCUT2D eigenvalue weighted by Crippen LogP contribution is -2.58. The van der Waals surface area contributed by atoms with Crippen molar-refractivity contribution in [2.75, 3.05) is 40.8 Å². The van der Waals surface area contributed by atoms with Crippen molar-refractivity contribution in [3.8, 4) is 0 Å². The van der Waals surface area contributed by atoms with Crippen LogP contribution < -0.4 is 5.32 Å². The monoisotopic (exact) mass is 331 g/mol. The molecule has 2 rings (SSSR count). The van der Waals surface area contributed by atoms with Gasteiger partial charge in [-0.1, -0.05) is 0 Å². The molecule has 2 atom stereocenters. The van der Waals surface area contributed by atoms with Gasteiger partial charge >= 0.3 is 0 Å². The van der Waals surface area contributed by atoms with Crippen molar-refractivity contribution in [2.24, 2.45) is 0 Å². The number of nitrogens with one attached hydrogen (secondary N) is 1. The molecule has 0 saturated carbocycles. The van der Waals surface area contributed by atoms with Crippen molar-refractivity contribution in [1.82, 2.24) is 15.1 Å². The average Bonchev–Trinajstić information content (AvgIpc) is 2.75. The van der Waals surface area contributed by atoms with Gasteiger partial charge in [-0.15, -0.1) is 11.3 Å². The van der Waals surface area contributed by atoms with Crippen LogP contribution >= 0.6 is 27.3 Å². The number of nitrogens with zero attached hydrogens (tertiary/aromatic N) is 2. The first-order valence-corrected chi connectivity index (χ1v) is 8.06. The molecule has 102 valence electrons. The highest BCUT2D eigenvalue weighted by atomic mass is 79.9. The Morgan fingerprint density at radius 2 is 2.28 bits per heavy atom. The number of hydrogen-bond acceptors (Lipinski definition) is 4. The fourth-order valence-electron chi connectivity index (χ4n) is 2.59. The molecule has 0 aromatic carbocycles. The van der Waals surface area contributed by atoms with Gasteiger partial charge in [-0.3, -0.25) is 4.90 Å². The molecule has 1 saturated heterocycles. The first kappa shape index (κ1) is 14.5. The summed E-state index contributed by atoms with van der Waals surface area (Å²) >= 11 is 5.37. The summed E-state index contributed by atoms with van der Waals surface area (Å²) in [4.78, 5) is 6.37.